The molecule has 0 heterocycles. The molecule has 0 unspecified atom stereocenters. The van der Waals surface area contributed by atoms with E-state index in [0.717, 1.165) is 5.02 Å². The van der Waals surface area contributed by atoms with E-state index in [-0.39, 0.29) is 22.8 Å². The molecule has 0 fully saturated rings. The van der Waals surface area contributed by atoms with E-state index in [1.807, 2.05) is 32.5 Å². The summed E-state index contributed by atoms with van der Waals surface area (Å²) >= 11 is 5.76. The van der Waals surface area contributed by atoms with Gasteiger partial charge >= 0.3 is 0 Å². The Morgan fingerprint density at radius 3 is 1.33 bits per heavy atom. The Morgan fingerprint density at radius 1 is 0.833 bits per heavy atom. The second-order valence-electron chi connectivity index (χ2n) is 3.76. The topological polar surface area (TPSA) is 51.2 Å². The minimum Gasteiger partial charge on any atom is -0.307 e. The van der Waals surface area contributed by atoms with Crippen LogP contribution in [0, 0.1) is 0 Å². The number of halogens is 1. The van der Waals surface area contributed by atoms with Crippen molar-refractivity contribution in [3.05, 3.63) is 34.9 Å². The van der Waals surface area contributed by atoms with Gasteiger partial charge in [0.15, 0.2) is 0 Å². The van der Waals surface area contributed by atoms with Gasteiger partial charge in [0.05, 0.1) is 0 Å². The van der Waals surface area contributed by atoms with Gasteiger partial charge in [0.1, 0.15) is 20.4 Å². The third-order valence-corrected chi connectivity index (χ3v) is 1.96. The van der Waals surface area contributed by atoms with Crippen LogP contribution in [0.25, 0.3) is 0 Å². The molecule has 0 bridgehead atoms. The van der Waals surface area contributed by atoms with Gasteiger partial charge in [-0.1, -0.05) is 44.5 Å². The van der Waals surface area contributed by atoms with Gasteiger partial charge in [-0.15, -0.1) is 0 Å². The molecule has 0 saturated carbocycles. The van der Waals surface area contributed by atoms with Crippen LogP contribution in [0.15, 0.2) is 24.3 Å². The molecule has 0 amide bonds. The van der Waals surface area contributed by atoms with Crippen LogP contribution >= 0.6 is 11.6 Å². The monoisotopic (exact) mass is 310 g/mol. The van der Waals surface area contributed by atoms with Crippen molar-refractivity contribution in [2.45, 2.75) is 26.2 Å². The molecular weight excluding hydrogens is 292 g/mol. The third kappa shape index (κ3) is 13.1. The average Bonchev–Trinajstić information content (AvgIpc) is 2.36. The predicted octanol–water partition coefficient (Wildman–Crippen LogP) is 3.08. The van der Waals surface area contributed by atoms with Crippen LogP contribution in [0.2, 0.25) is 5.02 Å². The number of hydrogen-bond acceptors (Lipinski definition) is 3. The van der Waals surface area contributed by atoms with Crippen molar-refractivity contribution >= 4 is 32.0 Å². The summed E-state index contributed by atoms with van der Waals surface area (Å²) in [5.74, 6) is 0. The molecule has 0 aliphatic rings. The molecule has 0 radical (unpaired) electrons. The Bertz CT molecular complexity index is 279. The molecule has 5 heteroatoms. The van der Waals surface area contributed by atoms with Crippen LogP contribution in [0.3, 0.4) is 0 Å². The number of rotatable bonds is 0. The quantitative estimate of drug-likeness (QED) is 0.740. The maximum Gasteiger partial charge on any atom is 0.106 e. The predicted molar refractivity (Wildman–Crippen MR) is 71.5 cm³/mol. The Kier molecular flexibility index (Phi) is 23.0. The van der Waals surface area contributed by atoms with E-state index >= 15 is 0 Å². The Hall–Kier alpha value is -0.948. The first-order chi connectivity index (χ1) is 8.00. The molecule has 0 aliphatic carbocycles. The second-order valence-corrected chi connectivity index (χ2v) is 4.19. The molecule has 0 spiro atoms. The van der Waals surface area contributed by atoms with Gasteiger partial charge in [-0.05, 0) is 23.1 Å². The van der Waals surface area contributed by atoms with E-state index < -0.39 is 0 Å². The Balaban J connectivity index is -0.000000123. The summed E-state index contributed by atoms with van der Waals surface area (Å²) in [4.78, 5) is 24.0. The minimum absolute atomic E-state index is 0. The van der Waals surface area contributed by atoms with Crippen LogP contribution in [-0.2, 0) is 37.2 Å². The van der Waals surface area contributed by atoms with E-state index in [0.29, 0.717) is 0 Å². The largest absolute Gasteiger partial charge is 0.307 e. The first-order valence-corrected chi connectivity index (χ1v) is 5.00. The second kappa shape index (κ2) is 16.1. The maximum atomic E-state index is 8.00. The Labute approximate surface area is 125 Å². The summed E-state index contributed by atoms with van der Waals surface area (Å²) in [5, 5.41) is 0.804. The fourth-order valence-corrected chi connectivity index (χ4v) is 1.08. The van der Waals surface area contributed by atoms with Crippen molar-refractivity contribution in [2.24, 2.45) is 0 Å². The molecule has 0 aliphatic heterocycles. The fourth-order valence-electron chi connectivity index (χ4n) is 0.950. The van der Waals surface area contributed by atoms with Gasteiger partial charge < -0.3 is 14.4 Å². The number of hydrogen-bond donors (Lipinski definition) is 0. The fraction of sp³-hybridized carbons (Fsp3) is 0.308. The van der Waals surface area contributed by atoms with Crippen LogP contribution < -0.4 is 0 Å². The molecule has 0 saturated heterocycles. The Morgan fingerprint density at radius 2 is 1.11 bits per heavy atom. The van der Waals surface area contributed by atoms with E-state index in [1.165, 1.54) is 5.56 Å². The SMILES string of the molecule is C=O.C=O.C=O.CC(C)(C)c1ccc(Cl)cc1.[Cr]. The van der Waals surface area contributed by atoms with Gasteiger partial charge in [0, 0.05) is 22.4 Å². The average molecular weight is 311 g/mol. The van der Waals surface area contributed by atoms with Gasteiger partial charge in [-0.2, -0.15) is 0 Å². The summed E-state index contributed by atoms with van der Waals surface area (Å²) < 4.78 is 0. The summed E-state index contributed by atoms with van der Waals surface area (Å²) in [5.41, 5.74) is 1.55. The van der Waals surface area contributed by atoms with Crippen LogP contribution in [0.5, 0.6) is 0 Å². The van der Waals surface area contributed by atoms with Gasteiger partial charge in [0.2, 0.25) is 0 Å². The molecule has 1 aromatic carbocycles. The van der Waals surface area contributed by atoms with Crippen molar-refractivity contribution in [1.29, 1.82) is 0 Å². The first-order valence-electron chi connectivity index (χ1n) is 4.63. The molecule has 0 aromatic heterocycles. The van der Waals surface area contributed by atoms with Crippen LogP contribution in [0.4, 0.5) is 0 Å². The maximum absolute atomic E-state index is 8.00. The molecule has 18 heavy (non-hydrogen) atoms. The minimum atomic E-state index is 0. The zero-order valence-electron chi connectivity index (χ0n) is 10.9. The zero-order valence-corrected chi connectivity index (χ0v) is 13.0. The van der Waals surface area contributed by atoms with Gasteiger partial charge in [-0.3, -0.25) is 0 Å². The number of benzene rings is 1. The van der Waals surface area contributed by atoms with Gasteiger partial charge in [-0.25, -0.2) is 0 Å². The molecule has 102 valence electrons. The molecule has 3 nitrogen and oxygen atoms in total. The van der Waals surface area contributed by atoms with Crippen LogP contribution in [0.1, 0.15) is 26.3 Å². The summed E-state index contributed by atoms with van der Waals surface area (Å²) in [7, 11) is 0. The van der Waals surface area contributed by atoms with Gasteiger partial charge in [0.25, 0.3) is 0 Å². The molecule has 1 aromatic rings. The van der Waals surface area contributed by atoms with Crippen molar-refractivity contribution in [2.75, 3.05) is 0 Å². The molecule has 0 atom stereocenters. The van der Waals surface area contributed by atoms with Crippen molar-refractivity contribution < 1.29 is 31.7 Å². The number of carbonyl (C=O) groups excluding carboxylic acids is 3. The smallest absolute Gasteiger partial charge is 0.106 e. The molecular formula is C13H19ClCrO3. The summed E-state index contributed by atoms with van der Waals surface area (Å²) in [6.45, 7) is 12.6. The normalized spacial score (nSPS) is 7.78. The molecule has 0 N–H and O–H groups in total. The van der Waals surface area contributed by atoms with E-state index in [2.05, 4.69) is 32.9 Å². The molecule has 1 rings (SSSR count). The van der Waals surface area contributed by atoms with Crippen molar-refractivity contribution in [1.82, 2.24) is 0 Å². The number of carbonyl (C=O) groups is 3. The summed E-state index contributed by atoms with van der Waals surface area (Å²) in [6.07, 6.45) is 0. The first kappa shape index (κ1) is 25.8. The van der Waals surface area contributed by atoms with Crippen LogP contribution in [-0.4, -0.2) is 20.4 Å². The van der Waals surface area contributed by atoms with E-state index in [4.69, 9.17) is 26.0 Å². The van der Waals surface area contributed by atoms with E-state index in [1.54, 1.807) is 0 Å². The standard InChI is InChI=1S/C10H13Cl.3CH2O.Cr/c1-10(2,3)8-4-6-9(11)7-5-8;3*1-2;/h4-7H,1-3H3;3*1H2;. The zero-order chi connectivity index (χ0) is 14.5. The van der Waals surface area contributed by atoms with E-state index in [9.17, 15) is 0 Å². The third-order valence-electron chi connectivity index (χ3n) is 1.71. The van der Waals surface area contributed by atoms with Crippen molar-refractivity contribution in [3.63, 3.8) is 0 Å². The van der Waals surface area contributed by atoms with Crippen molar-refractivity contribution in [3.8, 4) is 0 Å². The summed E-state index contributed by atoms with van der Waals surface area (Å²) in [6, 6.07) is 8.01.